The van der Waals surface area contributed by atoms with E-state index in [-0.39, 0.29) is 22.6 Å². The first-order chi connectivity index (χ1) is 8.97. The Balaban J connectivity index is 2.25. The second-order valence-corrected chi connectivity index (χ2v) is 4.37. The van der Waals surface area contributed by atoms with Gasteiger partial charge >= 0.3 is 0 Å². The molecule has 19 heavy (non-hydrogen) atoms. The van der Waals surface area contributed by atoms with Crippen LogP contribution in [0, 0.1) is 17.5 Å². The molecule has 0 fully saturated rings. The number of Topliss-reactive ketones (excluding diaryl/α,β-unsaturated/α-hetero) is 1. The van der Waals surface area contributed by atoms with Crippen molar-refractivity contribution in [1.82, 2.24) is 0 Å². The lowest BCUT2D eigenvalue weighted by molar-refractivity contribution is 0.0991. The van der Waals surface area contributed by atoms with Crippen molar-refractivity contribution in [1.29, 1.82) is 0 Å². The maximum Gasteiger partial charge on any atom is 0.167 e. The number of halogens is 4. The van der Waals surface area contributed by atoms with Crippen molar-refractivity contribution in [3.8, 4) is 0 Å². The highest BCUT2D eigenvalue weighted by Gasteiger charge is 2.13. The topological polar surface area (TPSA) is 17.1 Å². The van der Waals surface area contributed by atoms with Gasteiger partial charge in [-0.25, -0.2) is 13.2 Å². The molecule has 2 aromatic carbocycles. The van der Waals surface area contributed by atoms with Gasteiger partial charge in [-0.1, -0.05) is 11.6 Å². The molecule has 0 saturated carbocycles. The van der Waals surface area contributed by atoms with Crippen LogP contribution >= 0.6 is 11.6 Å². The number of hydrogen-bond acceptors (Lipinski definition) is 1. The van der Waals surface area contributed by atoms with E-state index in [1.54, 1.807) is 0 Å². The Morgan fingerprint density at radius 2 is 1.74 bits per heavy atom. The molecule has 2 rings (SSSR count). The Morgan fingerprint density at radius 3 is 2.42 bits per heavy atom. The Hall–Kier alpha value is -1.81. The maximum absolute atomic E-state index is 13.4. The van der Waals surface area contributed by atoms with E-state index in [0.29, 0.717) is 0 Å². The third-order valence-electron chi connectivity index (χ3n) is 2.60. The van der Waals surface area contributed by atoms with Gasteiger partial charge in [-0.05, 0) is 42.0 Å². The van der Waals surface area contributed by atoms with Gasteiger partial charge in [-0.3, -0.25) is 4.79 Å². The van der Waals surface area contributed by atoms with Crippen LogP contribution in [0.15, 0.2) is 36.4 Å². The molecule has 0 aliphatic rings. The number of benzene rings is 2. The van der Waals surface area contributed by atoms with Crippen LogP contribution in [0.5, 0.6) is 0 Å². The van der Waals surface area contributed by atoms with Gasteiger partial charge in [0.15, 0.2) is 5.78 Å². The van der Waals surface area contributed by atoms with E-state index in [1.807, 2.05) is 0 Å². The van der Waals surface area contributed by atoms with E-state index in [9.17, 15) is 18.0 Å². The quantitative estimate of drug-likeness (QED) is 0.773. The molecule has 1 nitrogen and oxygen atoms in total. The molecule has 5 heteroatoms. The van der Waals surface area contributed by atoms with Gasteiger partial charge in [-0.15, -0.1) is 0 Å². The van der Waals surface area contributed by atoms with Gasteiger partial charge in [0.2, 0.25) is 0 Å². The predicted molar refractivity (Wildman–Crippen MR) is 65.8 cm³/mol. The zero-order valence-electron chi connectivity index (χ0n) is 9.59. The molecule has 0 radical (unpaired) electrons. The molecule has 0 aliphatic carbocycles. The minimum absolute atomic E-state index is 0.0607. The summed E-state index contributed by atoms with van der Waals surface area (Å²) in [6.07, 6.45) is -0.343. The van der Waals surface area contributed by atoms with E-state index < -0.39 is 23.2 Å². The molecule has 0 unspecified atom stereocenters. The fourth-order valence-corrected chi connectivity index (χ4v) is 1.74. The van der Waals surface area contributed by atoms with Crippen molar-refractivity contribution in [2.75, 3.05) is 0 Å². The first kappa shape index (κ1) is 13.6. The summed E-state index contributed by atoms with van der Waals surface area (Å²) in [5.74, 6) is -2.55. The smallest absolute Gasteiger partial charge is 0.167 e. The van der Waals surface area contributed by atoms with Crippen molar-refractivity contribution in [2.24, 2.45) is 0 Å². The minimum atomic E-state index is -0.729. The van der Waals surface area contributed by atoms with Gasteiger partial charge in [0.1, 0.15) is 17.5 Å². The number of hydrogen-bond donors (Lipinski definition) is 0. The molecule has 2 aromatic rings. The Morgan fingerprint density at radius 1 is 1.00 bits per heavy atom. The highest BCUT2D eigenvalue weighted by atomic mass is 35.5. The van der Waals surface area contributed by atoms with Gasteiger partial charge in [0.25, 0.3) is 0 Å². The predicted octanol–water partition coefficient (Wildman–Crippen LogP) is 4.18. The van der Waals surface area contributed by atoms with Gasteiger partial charge in [0.05, 0.1) is 5.02 Å². The fourth-order valence-electron chi connectivity index (χ4n) is 1.62. The molecule has 0 N–H and O–H groups in total. The molecule has 0 atom stereocenters. The van der Waals surface area contributed by atoms with E-state index in [4.69, 9.17) is 11.6 Å². The molecule has 0 aliphatic heterocycles. The zero-order chi connectivity index (χ0) is 14.0. The standard InChI is InChI=1S/C14H8ClF3O/c15-11-3-1-8(6-13(11)18)14(19)7-9-5-10(16)2-4-12(9)17/h1-6H,7H2. The van der Waals surface area contributed by atoms with Crippen LogP contribution in [0.3, 0.4) is 0 Å². The fraction of sp³-hybridized carbons (Fsp3) is 0.0714. The first-order valence-electron chi connectivity index (χ1n) is 5.39. The third-order valence-corrected chi connectivity index (χ3v) is 2.91. The molecular formula is C14H8ClF3O. The largest absolute Gasteiger partial charge is 0.294 e. The minimum Gasteiger partial charge on any atom is -0.294 e. The van der Waals surface area contributed by atoms with E-state index in [2.05, 4.69) is 0 Å². The van der Waals surface area contributed by atoms with Gasteiger partial charge in [-0.2, -0.15) is 0 Å². The molecule has 0 bridgehead atoms. The van der Waals surface area contributed by atoms with Crippen LogP contribution in [-0.4, -0.2) is 5.78 Å². The van der Waals surface area contributed by atoms with Crippen LogP contribution < -0.4 is 0 Å². The molecule has 0 saturated heterocycles. The molecule has 98 valence electrons. The number of carbonyl (C=O) groups excluding carboxylic acids is 1. The molecule has 0 heterocycles. The first-order valence-corrected chi connectivity index (χ1v) is 5.77. The summed E-state index contributed by atoms with van der Waals surface area (Å²) >= 11 is 5.50. The molecule has 0 amide bonds. The van der Waals surface area contributed by atoms with Crippen LogP contribution in [0.1, 0.15) is 15.9 Å². The Bertz CT molecular complexity index is 641. The van der Waals surface area contributed by atoms with E-state index in [1.165, 1.54) is 12.1 Å². The summed E-state index contributed by atoms with van der Waals surface area (Å²) in [5.41, 5.74) is -0.00841. The van der Waals surface area contributed by atoms with Crippen LogP contribution in [0.2, 0.25) is 5.02 Å². The lowest BCUT2D eigenvalue weighted by Gasteiger charge is -2.04. The van der Waals surface area contributed by atoms with Crippen LogP contribution in [0.4, 0.5) is 13.2 Å². The second kappa shape index (κ2) is 5.45. The van der Waals surface area contributed by atoms with Crippen LogP contribution in [-0.2, 0) is 6.42 Å². The SMILES string of the molecule is O=C(Cc1cc(F)ccc1F)c1ccc(Cl)c(F)c1. The van der Waals surface area contributed by atoms with Crippen molar-refractivity contribution in [3.05, 3.63) is 70.0 Å². The number of ketones is 1. The maximum atomic E-state index is 13.4. The summed E-state index contributed by atoms with van der Waals surface area (Å²) in [6, 6.07) is 6.41. The van der Waals surface area contributed by atoms with Crippen molar-refractivity contribution in [2.45, 2.75) is 6.42 Å². The molecule has 0 spiro atoms. The summed E-state index contributed by atoms with van der Waals surface area (Å²) in [7, 11) is 0. The average molecular weight is 285 g/mol. The number of carbonyl (C=O) groups is 1. The van der Waals surface area contributed by atoms with Crippen LogP contribution in [0.25, 0.3) is 0 Å². The van der Waals surface area contributed by atoms with Gasteiger partial charge < -0.3 is 0 Å². The molecule has 0 aromatic heterocycles. The van der Waals surface area contributed by atoms with Crippen molar-refractivity contribution < 1.29 is 18.0 Å². The monoisotopic (exact) mass is 284 g/mol. The number of rotatable bonds is 3. The zero-order valence-corrected chi connectivity index (χ0v) is 10.3. The Labute approximate surface area is 112 Å². The normalized spacial score (nSPS) is 10.5. The lowest BCUT2D eigenvalue weighted by Crippen LogP contribution is -2.06. The van der Waals surface area contributed by atoms with Crippen molar-refractivity contribution >= 4 is 17.4 Å². The lowest BCUT2D eigenvalue weighted by atomic mass is 10.0. The van der Waals surface area contributed by atoms with E-state index in [0.717, 1.165) is 24.3 Å². The highest BCUT2D eigenvalue weighted by Crippen LogP contribution is 2.18. The second-order valence-electron chi connectivity index (χ2n) is 3.96. The average Bonchev–Trinajstić information content (AvgIpc) is 2.37. The summed E-state index contributed by atoms with van der Waals surface area (Å²) in [4.78, 5) is 11.8. The van der Waals surface area contributed by atoms with Crippen molar-refractivity contribution in [3.63, 3.8) is 0 Å². The van der Waals surface area contributed by atoms with Gasteiger partial charge in [0, 0.05) is 12.0 Å². The van der Waals surface area contributed by atoms with E-state index >= 15 is 0 Å². The third kappa shape index (κ3) is 3.15. The summed E-state index contributed by atoms with van der Waals surface area (Å²) < 4.78 is 39.5. The summed E-state index contributed by atoms with van der Waals surface area (Å²) in [6.45, 7) is 0. The summed E-state index contributed by atoms with van der Waals surface area (Å²) in [5, 5.41) is -0.103. The highest BCUT2D eigenvalue weighted by molar-refractivity contribution is 6.30. The Kier molecular flexibility index (Phi) is 3.90. The molecular weight excluding hydrogens is 277 g/mol.